The highest BCUT2D eigenvalue weighted by atomic mass is 31.2. The minimum Gasteiger partial charge on any atom is -0.462 e. The van der Waals surface area contributed by atoms with Crippen LogP contribution in [0.1, 0.15) is 349 Å². The lowest BCUT2D eigenvalue weighted by Gasteiger charge is -2.21. The minimum absolute atomic E-state index is 0.0998. The summed E-state index contributed by atoms with van der Waals surface area (Å²) in [6, 6.07) is 0. The van der Waals surface area contributed by atoms with Crippen molar-refractivity contribution in [2.24, 2.45) is 0 Å². The van der Waals surface area contributed by atoms with E-state index in [2.05, 4.69) is 64.2 Å². The topological polar surface area (TPSA) is 237 Å². The molecule has 0 aromatic rings. The first kappa shape index (κ1) is 89.3. The summed E-state index contributed by atoms with van der Waals surface area (Å²) in [5, 5.41) is 10.6. The van der Waals surface area contributed by atoms with E-state index in [4.69, 9.17) is 37.0 Å². The summed E-state index contributed by atoms with van der Waals surface area (Å²) in [6.45, 7) is 4.79. The molecule has 0 fully saturated rings. The van der Waals surface area contributed by atoms with Crippen LogP contribution in [0.3, 0.4) is 0 Å². The van der Waals surface area contributed by atoms with Gasteiger partial charge in [0.15, 0.2) is 12.2 Å². The molecule has 0 aliphatic heterocycles. The average molecular weight is 1350 g/mol. The monoisotopic (exact) mass is 1350 g/mol. The maximum Gasteiger partial charge on any atom is 0.472 e. The van der Waals surface area contributed by atoms with Crippen LogP contribution in [-0.2, 0) is 65.4 Å². The molecule has 0 heterocycles. The van der Waals surface area contributed by atoms with Gasteiger partial charge >= 0.3 is 39.5 Å². The Morgan fingerprint density at radius 1 is 0.315 bits per heavy atom. The van der Waals surface area contributed by atoms with Crippen molar-refractivity contribution in [1.29, 1.82) is 0 Å². The first-order chi connectivity index (χ1) is 44.7. The third-order valence-electron chi connectivity index (χ3n) is 16.1. The Morgan fingerprint density at radius 2 is 0.565 bits per heavy atom. The molecule has 92 heavy (non-hydrogen) atoms. The Kier molecular flexibility index (Phi) is 64.9. The van der Waals surface area contributed by atoms with Crippen molar-refractivity contribution in [2.75, 3.05) is 39.6 Å². The fraction of sp³-hybridized carbons (Fsp3) is 0.863. The maximum absolute atomic E-state index is 13.0. The number of hydrogen-bond acceptors (Lipinski definition) is 15. The number of rotatable bonds is 71. The Labute approximate surface area is 560 Å². The largest absolute Gasteiger partial charge is 0.472 e. The Bertz CT molecular complexity index is 1900. The molecule has 0 rings (SSSR count). The lowest BCUT2D eigenvalue weighted by atomic mass is 10.0. The molecule has 5 atom stereocenters. The van der Waals surface area contributed by atoms with Gasteiger partial charge in [0.1, 0.15) is 19.3 Å². The van der Waals surface area contributed by atoms with Crippen molar-refractivity contribution in [3.63, 3.8) is 0 Å². The van der Waals surface area contributed by atoms with E-state index in [0.29, 0.717) is 25.7 Å². The molecular formula is C73H136O17P2. The smallest absolute Gasteiger partial charge is 0.462 e. The van der Waals surface area contributed by atoms with Gasteiger partial charge in [0.25, 0.3) is 0 Å². The lowest BCUT2D eigenvalue weighted by Crippen LogP contribution is -2.30. The quantitative estimate of drug-likeness (QED) is 0.0169. The van der Waals surface area contributed by atoms with Crippen LogP contribution in [0, 0.1) is 0 Å². The summed E-state index contributed by atoms with van der Waals surface area (Å²) in [6.07, 6.45) is 60.0. The van der Waals surface area contributed by atoms with Gasteiger partial charge in [0.2, 0.25) is 0 Å². The zero-order valence-electron chi connectivity index (χ0n) is 58.7. The van der Waals surface area contributed by atoms with Crippen LogP contribution in [0.5, 0.6) is 0 Å². The van der Waals surface area contributed by atoms with Gasteiger partial charge < -0.3 is 33.8 Å². The molecule has 0 saturated carbocycles. The molecular weight excluding hydrogens is 1210 g/mol. The number of esters is 4. The molecule has 19 heteroatoms. The molecule has 0 bridgehead atoms. The highest BCUT2D eigenvalue weighted by molar-refractivity contribution is 7.47. The van der Waals surface area contributed by atoms with Gasteiger partial charge in [-0.05, 0) is 57.8 Å². The number of aliphatic hydroxyl groups is 1. The lowest BCUT2D eigenvalue weighted by molar-refractivity contribution is -0.161. The number of carbonyl (C=O) groups is 4. The van der Waals surface area contributed by atoms with Crippen LogP contribution in [0.4, 0.5) is 0 Å². The predicted molar refractivity (Wildman–Crippen MR) is 372 cm³/mol. The molecule has 0 aliphatic carbocycles. The number of aliphatic hydroxyl groups excluding tert-OH is 1. The SMILES string of the molecule is CC/C=C\C/C=C\C/C=C\CCCCCCCC(=O)OCC(COP(=O)(O)OCC(O)COP(=O)(O)OCC(COC(=O)CCCCCCCCCCCCC)OC(=O)CCCCCCCCCCCCC)OC(=O)CCCCCCCCCCCCCCCCC. The van der Waals surface area contributed by atoms with E-state index in [9.17, 15) is 43.2 Å². The number of allylic oxidation sites excluding steroid dienone is 6. The number of phosphoric acid groups is 2. The van der Waals surface area contributed by atoms with Gasteiger partial charge in [0.05, 0.1) is 26.4 Å². The summed E-state index contributed by atoms with van der Waals surface area (Å²) in [5.74, 6) is -2.15. The van der Waals surface area contributed by atoms with E-state index in [-0.39, 0.29) is 25.7 Å². The molecule has 0 aromatic heterocycles. The van der Waals surface area contributed by atoms with Gasteiger partial charge in [-0.15, -0.1) is 0 Å². The predicted octanol–water partition coefficient (Wildman–Crippen LogP) is 20.8. The van der Waals surface area contributed by atoms with Crippen molar-refractivity contribution in [3.05, 3.63) is 36.5 Å². The first-order valence-corrected chi connectivity index (χ1v) is 40.2. The summed E-state index contributed by atoms with van der Waals surface area (Å²) >= 11 is 0. The van der Waals surface area contributed by atoms with Gasteiger partial charge in [-0.3, -0.25) is 37.3 Å². The Morgan fingerprint density at radius 3 is 0.870 bits per heavy atom. The number of phosphoric ester groups is 2. The third kappa shape index (κ3) is 65.9. The maximum atomic E-state index is 13.0. The van der Waals surface area contributed by atoms with Gasteiger partial charge in [-0.2, -0.15) is 0 Å². The van der Waals surface area contributed by atoms with Crippen LogP contribution in [0.25, 0.3) is 0 Å². The van der Waals surface area contributed by atoms with Gasteiger partial charge in [-0.1, -0.05) is 302 Å². The molecule has 0 amide bonds. The second-order valence-corrected chi connectivity index (χ2v) is 28.1. The summed E-state index contributed by atoms with van der Waals surface area (Å²) < 4.78 is 68.3. The molecule has 5 unspecified atom stereocenters. The normalized spacial score (nSPS) is 14.2. The van der Waals surface area contributed by atoms with Crippen LogP contribution in [0.2, 0.25) is 0 Å². The van der Waals surface area contributed by atoms with Crippen molar-refractivity contribution < 1.29 is 80.2 Å². The molecule has 0 aromatic carbocycles. The van der Waals surface area contributed by atoms with Crippen molar-refractivity contribution in [3.8, 4) is 0 Å². The highest BCUT2D eigenvalue weighted by Gasteiger charge is 2.30. The van der Waals surface area contributed by atoms with Gasteiger partial charge in [0, 0.05) is 25.7 Å². The Hall–Kier alpha value is -2.72. The summed E-state index contributed by atoms with van der Waals surface area (Å²) in [5.41, 5.74) is 0. The minimum atomic E-state index is -4.96. The molecule has 17 nitrogen and oxygen atoms in total. The second-order valence-electron chi connectivity index (χ2n) is 25.2. The highest BCUT2D eigenvalue weighted by Crippen LogP contribution is 2.45. The number of hydrogen-bond donors (Lipinski definition) is 3. The summed E-state index contributed by atoms with van der Waals surface area (Å²) in [4.78, 5) is 72.6. The fourth-order valence-corrected chi connectivity index (χ4v) is 12.1. The van der Waals surface area contributed by atoms with Crippen molar-refractivity contribution in [1.82, 2.24) is 0 Å². The van der Waals surface area contributed by atoms with E-state index >= 15 is 0 Å². The molecule has 0 radical (unpaired) electrons. The van der Waals surface area contributed by atoms with E-state index in [1.165, 1.54) is 148 Å². The van der Waals surface area contributed by atoms with Gasteiger partial charge in [-0.25, -0.2) is 9.13 Å². The molecule has 0 spiro atoms. The molecule has 0 aliphatic rings. The van der Waals surface area contributed by atoms with Crippen LogP contribution in [-0.4, -0.2) is 96.7 Å². The number of unbranched alkanes of at least 4 members (excludes halogenated alkanes) is 39. The first-order valence-electron chi connectivity index (χ1n) is 37.2. The van der Waals surface area contributed by atoms with Crippen LogP contribution in [0.15, 0.2) is 36.5 Å². The third-order valence-corrected chi connectivity index (χ3v) is 18.1. The molecule has 0 saturated heterocycles. The average Bonchev–Trinajstić information content (AvgIpc) is 2.93. The van der Waals surface area contributed by atoms with Crippen LogP contribution >= 0.6 is 15.6 Å². The number of ether oxygens (including phenoxy) is 4. The Balaban J connectivity index is 5.28. The van der Waals surface area contributed by atoms with Crippen molar-refractivity contribution in [2.45, 2.75) is 367 Å². The van der Waals surface area contributed by atoms with Crippen LogP contribution < -0.4 is 0 Å². The van der Waals surface area contributed by atoms with E-state index < -0.39 is 97.5 Å². The van der Waals surface area contributed by atoms with E-state index in [1.54, 1.807) is 0 Å². The summed E-state index contributed by atoms with van der Waals surface area (Å²) in [7, 11) is -9.92. The fourth-order valence-electron chi connectivity index (χ4n) is 10.5. The van der Waals surface area contributed by atoms with Crippen molar-refractivity contribution >= 4 is 39.5 Å². The zero-order valence-corrected chi connectivity index (χ0v) is 60.5. The molecule has 540 valence electrons. The standard InChI is InChI=1S/C73H136O17P2/c1-5-9-13-17-21-25-29-31-33-35-39-42-46-50-54-58-71(76)84-64-69(90-73(78)60-56-52-48-44-40-36-34-32-30-26-22-18-14-10-6-2)66-88-92(81,82)86-62-67(74)61-85-91(79,80)87-65-68(89-72(77)59-55-51-47-43-38-28-24-20-16-12-8-4)63-83-70(75)57-53-49-45-41-37-27-23-19-15-11-7-3/h9,13,21,25,31,33,67-69,74H,5-8,10-12,14-20,22-24,26-30,32,34-66H2,1-4H3,(H,79,80)(H,81,82)/b13-9-,25-21-,33-31-. The zero-order chi connectivity index (χ0) is 67.5. The van der Waals surface area contributed by atoms with E-state index in [0.717, 1.165) is 122 Å². The molecule has 3 N–H and O–H groups in total. The second kappa shape index (κ2) is 66.9. The number of carbonyl (C=O) groups excluding carboxylic acids is 4. The van der Waals surface area contributed by atoms with E-state index in [1.807, 2.05) is 0 Å².